The zero-order chi connectivity index (χ0) is 19.2. The summed E-state index contributed by atoms with van der Waals surface area (Å²) >= 11 is 6.01. The average molecular weight is 383 g/mol. The Morgan fingerprint density at radius 2 is 1.81 bits per heavy atom. The van der Waals surface area contributed by atoms with Gasteiger partial charge in [0, 0.05) is 31.1 Å². The first-order chi connectivity index (χ1) is 13.1. The van der Waals surface area contributed by atoms with Crippen LogP contribution in [-0.4, -0.2) is 18.9 Å². The highest BCUT2D eigenvalue weighted by atomic mass is 35.5. The van der Waals surface area contributed by atoms with Gasteiger partial charge in [-0.3, -0.25) is 9.59 Å². The Labute approximate surface area is 162 Å². The van der Waals surface area contributed by atoms with Crippen LogP contribution in [0.15, 0.2) is 65.1 Å². The first kappa shape index (κ1) is 18.7. The molecule has 0 aliphatic rings. The zero-order valence-electron chi connectivity index (χ0n) is 14.8. The third-order valence-corrected chi connectivity index (χ3v) is 4.37. The van der Waals surface area contributed by atoms with Gasteiger partial charge in [0.05, 0.1) is 10.6 Å². The molecule has 0 unspecified atom stereocenters. The van der Waals surface area contributed by atoms with Crippen molar-refractivity contribution in [1.82, 2.24) is 5.32 Å². The first-order valence-electron chi connectivity index (χ1n) is 8.52. The number of nitrogens with one attached hydrogen (secondary N) is 2. The van der Waals surface area contributed by atoms with Crippen LogP contribution in [0.25, 0.3) is 11.3 Å². The molecule has 2 N–H and O–H groups in total. The summed E-state index contributed by atoms with van der Waals surface area (Å²) in [7, 11) is 1.52. The van der Waals surface area contributed by atoms with Crippen LogP contribution in [0.2, 0.25) is 5.02 Å². The smallest absolute Gasteiger partial charge is 0.252 e. The van der Waals surface area contributed by atoms with Gasteiger partial charge in [0.1, 0.15) is 11.5 Å². The van der Waals surface area contributed by atoms with Gasteiger partial charge in [0.2, 0.25) is 5.91 Å². The summed E-state index contributed by atoms with van der Waals surface area (Å²) in [4.78, 5) is 24.0. The minimum Gasteiger partial charge on any atom is -0.461 e. The number of hydrogen-bond acceptors (Lipinski definition) is 3. The third-order valence-electron chi connectivity index (χ3n) is 4.04. The van der Waals surface area contributed by atoms with Gasteiger partial charge in [0.15, 0.2) is 0 Å². The second-order valence-corrected chi connectivity index (χ2v) is 6.36. The van der Waals surface area contributed by atoms with Crippen molar-refractivity contribution in [3.8, 4) is 11.3 Å². The summed E-state index contributed by atoms with van der Waals surface area (Å²) in [5.74, 6) is 1.04. The lowest BCUT2D eigenvalue weighted by Gasteiger charge is -2.08. The van der Waals surface area contributed by atoms with E-state index >= 15 is 0 Å². The van der Waals surface area contributed by atoms with Gasteiger partial charge in [-0.05, 0) is 30.3 Å². The molecule has 0 atom stereocenters. The number of carbonyl (C=O) groups is 2. The summed E-state index contributed by atoms with van der Waals surface area (Å²) < 4.78 is 5.80. The van der Waals surface area contributed by atoms with E-state index < -0.39 is 0 Å². The Hall–Kier alpha value is -3.05. The van der Waals surface area contributed by atoms with Crippen molar-refractivity contribution < 1.29 is 14.0 Å². The molecule has 0 spiro atoms. The van der Waals surface area contributed by atoms with Gasteiger partial charge in [-0.2, -0.15) is 0 Å². The minimum absolute atomic E-state index is 0.169. The van der Waals surface area contributed by atoms with Gasteiger partial charge >= 0.3 is 0 Å². The molecule has 0 bridgehead atoms. The molecular weight excluding hydrogens is 364 g/mol. The highest BCUT2D eigenvalue weighted by Crippen LogP contribution is 2.23. The fourth-order valence-corrected chi connectivity index (χ4v) is 2.85. The van der Waals surface area contributed by atoms with Crippen molar-refractivity contribution in [3.05, 3.63) is 77.0 Å². The maximum atomic E-state index is 12.2. The van der Waals surface area contributed by atoms with E-state index in [0.29, 0.717) is 22.7 Å². The molecule has 2 aromatic carbocycles. The molecule has 3 aromatic rings. The minimum atomic E-state index is -0.305. The van der Waals surface area contributed by atoms with Crippen molar-refractivity contribution in [2.45, 2.75) is 12.8 Å². The summed E-state index contributed by atoms with van der Waals surface area (Å²) in [5.41, 5.74) is 1.83. The zero-order valence-corrected chi connectivity index (χ0v) is 15.5. The van der Waals surface area contributed by atoms with E-state index in [1.165, 1.54) is 7.05 Å². The van der Waals surface area contributed by atoms with Crippen LogP contribution in [0.5, 0.6) is 0 Å². The summed E-state index contributed by atoms with van der Waals surface area (Å²) in [6.07, 6.45) is 0.744. The van der Waals surface area contributed by atoms with Gasteiger partial charge in [-0.25, -0.2) is 0 Å². The molecule has 0 fully saturated rings. The average Bonchev–Trinajstić information content (AvgIpc) is 3.17. The highest BCUT2D eigenvalue weighted by molar-refractivity contribution is 6.34. The fourth-order valence-electron chi connectivity index (χ4n) is 2.64. The molecule has 0 aliphatic carbocycles. The van der Waals surface area contributed by atoms with Crippen molar-refractivity contribution in [3.63, 3.8) is 0 Å². The topological polar surface area (TPSA) is 71.3 Å². The molecule has 1 heterocycles. The highest BCUT2D eigenvalue weighted by Gasteiger charge is 2.12. The Balaban J connectivity index is 1.59. The largest absolute Gasteiger partial charge is 0.461 e. The SMILES string of the molecule is CNC(=O)c1cc(NC(=O)CCc2ccc(-c3ccccc3)o2)ccc1Cl. The number of benzene rings is 2. The lowest BCUT2D eigenvalue weighted by molar-refractivity contribution is -0.116. The third kappa shape index (κ3) is 4.77. The van der Waals surface area contributed by atoms with Crippen LogP contribution >= 0.6 is 11.6 Å². The Morgan fingerprint density at radius 1 is 1.04 bits per heavy atom. The Morgan fingerprint density at radius 3 is 2.56 bits per heavy atom. The van der Waals surface area contributed by atoms with Crippen molar-refractivity contribution in [2.75, 3.05) is 12.4 Å². The van der Waals surface area contributed by atoms with E-state index in [9.17, 15) is 9.59 Å². The van der Waals surface area contributed by atoms with E-state index in [0.717, 1.165) is 17.1 Å². The number of anilines is 1. The van der Waals surface area contributed by atoms with Crippen LogP contribution in [-0.2, 0) is 11.2 Å². The van der Waals surface area contributed by atoms with Gasteiger partial charge in [-0.1, -0.05) is 41.9 Å². The van der Waals surface area contributed by atoms with Crippen LogP contribution in [0.1, 0.15) is 22.5 Å². The van der Waals surface area contributed by atoms with Gasteiger partial charge < -0.3 is 15.1 Å². The quantitative estimate of drug-likeness (QED) is 0.657. The molecule has 0 saturated heterocycles. The molecule has 0 aliphatic heterocycles. The molecule has 6 heteroatoms. The van der Waals surface area contributed by atoms with E-state index in [4.69, 9.17) is 16.0 Å². The molecule has 27 heavy (non-hydrogen) atoms. The number of hydrogen-bond donors (Lipinski definition) is 2. The molecule has 138 valence electrons. The summed E-state index contributed by atoms with van der Waals surface area (Å²) in [5, 5.41) is 5.62. The van der Waals surface area contributed by atoms with E-state index in [1.807, 2.05) is 42.5 Å². The van der Waals surface area contributed by atoms with Crippen molar-refractivity contribution >= 4 is 29.1 Å². The lowest BCUT2D eigenvalue weighted by Crippen LogP contribution is -2.19. The standard InChI is InChI=1S/C21H19ClN2O3/c1-23-21(26)17-13-15(7-10-18(17)22)24-20(25)12-9-16-8-11-19(27-16)14-5-3-2-4-6-14/h2-8,10-11,13H,9,12H2,1H3,(H,23,26)(H,24,25). The predicted molar refractivity (Wildman–Crippen MR) is 106 cm³/mol. The molecule has 3 rings (SSSR count). The number of furan rings is 1. The number of rotatable bonds is 6. The van der Waals surface area contributed by atoms with E-state index in [-0.39, 0.29) is 18.2 Å². The predicted octanol–water partition coefficient (Wildman–Crippen LogP) is 4.53. The van der Waals surface area contributed by atoms with Crippen LogP contribution in [0.4, 0.5) is 5.69 Å². The molecule has 0 radical (unpaired) electrons. The maximum absolute atomic E-state index is 12.2. The van der Waals surface area contributed by atoms with Crippen LogP contribution in [0, 0.1) is 0 Å². The summed E-state index contributed by atoms with van der Waals surface area (Å²) in [6.45, 7) is 0. The number of halogens is 1. The molecule has 5 nitrogen and oxygen atoms in total. The molecular formula is C21H19ClN2O3. The Bertz CT molecular complexity index is 951. The summed E-state index contributed by atoms with van der Waals surface area (Å²) in [6, 6.07) is 18.4. The second-order valence-electron chi connectivity index (χ2n) is 5.95. The van der Waals surface area contributed by atoms with E-state index in [1.54, 1.807) is 18.2 Å². The van der Waals surface area contributed by atoms with Gasteiger partial charge in [0.25, 0.3) is 5.91 Å². The molecule has 0 saturated carbocycles. The fraction of sp³-hybridized carbons (Fsp3) is 0.143. The normalized spacial score (nSPS) is 10.4. The second kappa shape index (κ2) is 8.56. The van der Waals surface area contributed by atoms with Crippen molar-refractivity contribution in [1.29, 1.82) is 0 Å². The van der Waals surface area contributed by atoms with Crippen molar-refractivity contribution in [2.24, 2.45) is 0 Å². The monoisotopic (exact) mass is 382 g/mol. The first-order valence-corrected chi connectivity index (χ1v) is 8.90. The van der Waals surface area contributed by atoms with Gasteiger partial charge in [-0.15, -0.1) is 0 Å². The van der Waals surface area contributed by atoms with E-state index in [2.05, 4.69) is 10.6 Å². The van der Waals surface area contributed by atoms with Crippen LogP contribution < -0.4 is 10.6 Å². The Kier molecular flexibility index (Phi) is 5.94. The molecule has 2 amide bonds. The maximum Gasteiger partial charge on any atom is 0.252 e. The lowest BCUT2D eigenvalue weighted by atomic mass is 10.1. The molecule has 1 aromatic heterocycles. The number of carbonyl (C=O) groups excluding carboxylic acids is 2. The number of amides is 2. The van der Waals surface area contributed by atoms with Crippen LogP contribution in [0.3, 0.4) is 0 Å². The number of aryl methyl sites for hydroxylation is 1.